The molecule has 0 heteroatoms. The van der Waals surface area contributed by atoms with Crippen LogP contribution in [0.3, 0.4) is 0 Å². The summed E-state index contributed by atoms with van der Waals surface area (Å²) in [5, 5.41) is 10.2. The zero-order valence-corrected chi connectivity index (χ0v) is 22.9. The topological polar surface area (TPSA) is 0 Å². The zero-order chi connectivity index (χ0) is 27.1. The fraction of sp³-hybridized carbons (Fsp3) is 0.0500. The summed E-state index contributed by atoms with van der Waals surface area (Å²) in [5.74, 6) is 0. The first-order chi connectivity index (χ1) is 19.8. The lowest BCUT2D eigenvalue weighted by molar-refractivity contribution is 1.56. The number of benzene rings is 7. The lowest BCUT2D eigenvalue weighted by atomic mass is 9.82. The minimum absolute atomic E-state index is 1.24. The molecule has 0 atom stereocenters. The predicted octanol–water partition coefficient (Wildman–Crippen LogP) is 11.5. The molecule has 0 aliphatic rings. The first kappa shape index (κ1) is 24.1. The summed E-state index contributed by atoms with van der Waals surface area (Å²) in [6.07, 6.45) is 4.44. The molecule has 7 aromatic carbocycles. The molecule has 0 aliphatic carbocycles. The molecule has 0 saturated carbocycles. The Balaban J connectivity index is 1.67. The summed E-state index contributed by atoms with van der Waals surface area (Å²) in [4.78, 5) is 0. The molecular weight excluding hydrogens is 480 g/mol. The highest BCUT2D eigenvalue weighted by Crippen LogP contribution is 2.46. The van der Waals surface area contributed by atoms with E-state index in [9.17, 15) is 0 Å². The molecule has 0 saturated heterocycles. The molecule has 0 aromatic heterocycles. The fourth-order valence-corrected chi connectivity index (χ4v) is 6.38. The highest BCUT2D eigenvalue weighted by molar-refractivity contribution is 6.25. The van der Waals surface area contributed by atoms with Crippen molar-refractivity contribution in [2.75, 3.05) is 0 Å². The number of fused-ring (bicyclic) bond motifs is 5. The summed E-state index contributed by atoms with van der Waals surface area (Å²) in [5.41, 5.74) is 7.65. The molecule has 0 heterocycles. The van der Waals surface area contributed by atoms with Crippen molar-refractivity contribution in [1.82, 2.24) is 0 Å². The fourth-order valence-electron chi connectivity index (χ4n) is 6.38. The Morgan fingerprint density at radius 2 is 1.00 bits per heavy atom. The Morgan fingerprint density at radius 1 is 0.500 bits per heavy atom. The number of hydrogen-bond donors (Lipinski definition) is 0. The molecule has 0 fully saturated rings. The number of rotatable bonds is 4. The van der Waals surface area contributed by atoms with Crippen LogP contribution in [0.25, 0.3) is 65.4 Å². The molecule has 0 N–H and O–H groups in total. The van der Waals surface area contributed by atoms with Gasteiger partial charge in [-0.05, 0) is 96.4 Å². The van der Waals surface area contributed by atoms with E-state index in [-0.39, 0.29) is 0 Å². The van der Waals surface area contributed by atoms with Crippen LogP contribution >= 0.6 is 0 Å². The van der Waals surface area contributed by atoms with Gasteiger partial charge in [0.15, 0.2) is 0 Å². The third-order valence-corrected chi connectivity index (χ3v) is 8.18. The number of hydrogen-bond acceptors (Lipinski definition) is 0. The average Bonchev–Trinajstić information content (AvgIpc) is 3.02. The van der Waals surface area contributed by atoms with Crippen molar-refractivity contribution in [3.8, 4) is 11.1 Å². The van der Waals surface area contributed by atoms with Crippen LogP contribution in [0.5, 0.6) is 0 Å². The molecule has 0 bridgehead atoms. The molecule has 0 unspecified atom stereocenters. The van der Waals surface area contributed by atoms with Crippen LogP contribution in [-0.4, -0.2) is 0 Å². The van der Waals surface area contributed by atoms with Gasteiger partial charge in [0.25, 0.3) is 0 Å². The third kappa shape index (κ3) is 3.84. The molecule has 0 amide bonds. The normalized spacial score (nSPS) is 12.6. The lowest BCUT2D eigenvalue weighted by Crippen LogP contribution is -1.95. The lowest BCUT2D eigenvalue weighted by Gasteiger charge is -2.21. The van der Waals surface area contributed by atoms with Gasteiger partial charge in [-0.3, -0.25) is 0 Å². The Kier molecular flexibility index (Phi) is 6.02. The summed E-state index contributed by atoms with van der Waals surface area (Å²) in [6.45, 7) is 4.36. The van der Waals surface area contributed by atoms with E-state index in [2.05, 4.69) is 159 Å². The van der Waals surface area contributed by atoms with Crippen LogP contribution in [0.4, 0.5) is 0 Å². The van der Waals surface area contributed by atoms with Gasteiger partial charge in [-0.25, -0.2) is 0 Å². The maximum atomic E-state index is 2.39. The van der Waals surface area contributed by atoms with Crippen molar-refractivity contribution in [2.45, 2.75) is 13.8 Å². The smallest absolute Gasteiger partial charge is 0.00199 e. The predicted molar refractivity (Wildman–Crippen MR) is 176 cm³/mol. The Bertz CT molecular complexity index is 2050. The maximum absolute atomic E-state index is 2.39. The van der Waals surface area contributed by atoms with Crippen LogP contribution in [0.15, 0.2) is 146 Å². The van der Waals surface area contributed by atoms with Gasteiger partial charge in [0.05, 0.1) is 0 Å². The Morgan fingerprint density at radius 3 is 1.62 bits per heavy atom. The molecule has 40 heavy (non-hydrogen) atoms. The largest absolute Gasteiger partial charge is 0.0870 e. The van der Waals surface area contributed by atoms with Crippen molar-refractivity contribution in [3.63, 3.8) is 0 Å². The zero-order valence-electron chi connectivity index (χ0n) is 22.9. The van der Waals surface area contributed by atoms with Crippen LogP contribution in [0, 0.1) is 0 Å². The van der Waals surface area contributed by atoms with Crippen LogP contribution in [0.2, 0.25) is 0 Å². The van der Waals surface area contributed by atoms with Gasteiger partial charge in [-0.15, -0.1) is 0 Å². The van der Waals surface area contributed by atoms with Crippen molar-refractivity contribution >= 4 is 54.2 Å². The van der Waals surface area contributed by atoms with Gasteiger partial charge in [-0.2, -0.15) is 0 Å². The molecule has 0 radical (unpaired) electrons. The quantitative estimate of drug-likeness (QED) is 0.0956. The molecule has 0 aliphatic heterocycles. The standard InChI is InChI=1S/C40H30/c1-3-15-30(27(2)28-16-5-4-6-17-28)39-34-22-11-13-24-36(34)40(37-25-14-12-23-35(37)39)38-26-29-18-7-8-19-31(29)32-20-9-10-21-33(32)38/h3-26H,1-2H3/b15-3-,30-27-. The van der Waals surface area contributed by atoms with Crippen molar-refractivity contribution in [1.29, 1.82) is 0 Å². The van der Waals surface area contributed by atoms with Gasteiger partial charge in [0.1, 0.15) is 0 Å². The van der Waals surface area contributed by atoms with Crippen molar-refractivity contribution in [2.24, 2.45) is 0 Å². The second kappa shape index (κ2) is 9.98. The first-order valence-corrected chi connectivity index (χ1v) is 14.0. The van der Waals surface area contributed by atoms with Gasteiger partial charge in [0.2, 0.25) is 0 Å². The van der Waals surface area contributed by atoms with E-state index in [1.165, 1.54) is 76.5 Å². The van der Waals surface area contributed by atoms with Gasteiger partial charge in [-0.1, -0.05) is 140 Å². The molecule has 190 valence electrons. The van der Waals surface area contributed by atoms with Crippen LogP contribution in [0.1, 0.15) is 25.0 Å². The van der Waals surface area contributed by atoms with E-state index >= 15 is 0 Å². The van der Waals surface area contributed by atoms with Crippen LogP contribution < -0.4 is 0 Å². The Hall–Kier alpha value is -4.94. The second-order valence-corrected chi connectivity index (χ2v) is 10.4. The highest BCUT2D eigenvalue weighted by atomic mass is 14.2. The molecule has 7 aromatic rings. The van der Waals surface area contributed by atoms with Crippen LogP contribution in [-0.2, 0) is 0 Å². The minimum atomic E-state index is 1.24. The molecule has 0 spiro atoms. The number of allylic oxidation sites excluding steroid dienone is 4. The van der Waals surface area contributed by atoms with E-state index in [0.717, 1.165) is 0 Å². The molecule has 7 rings (SSSR count). The van der Waals surface area contributed by atoms with E-state index < -0.39 is 0 Å². The molecule has 0 nitrogen and oxygen atoms in total. The van der Waals surface area contributed by atoms with Crippen molar-refractivity contribution in [3.05, 3.63) is 157 Å². The summed E-state index contributed by atoms with van der Waals surface area (Å²) in [6, 6.07) is 48.6. The van der Waals surface area contributed by atoms with E-state index in [1.54, 1.807) is 0 Å². The highest BCUT2D eigenvalue weighted by Gasteiger charge is 2.20. The maximum Gasteiger partial charge on any atom is -0.00199 e. The molecular formula is C40H30. The minimum Gasteiger partial charge on any atom is -0.0870 e. The second-order valence-electron chi connectivity index (χ2n) is 10.4. The van der Waals surface area contributed by atoms with Gasteiger partial charge >= 0.3 is 0 Å². The Labute approximate surface area is 235 Å². The van der Waals surface area contributed by atoms with Crippen molar-refractivity contribution < 1.29 is 0 Å². The monoisotopic (exact) mass is 510 g/mol. The third-order valence-electron chi connectivity index (χ3n) is 8.18. The van der Waals surface area contributed by atoms with Gasteiger partial charge in [0, 0.05) is 0 Å². The average molecular weight is 511 g/mol. The van der Waals surface area contributed by atoms with Gasteiger partial charge < -0.3 is 0 Å². The van der Waals surface area contributed by atoms with E-state index in [1.807, 2.05) is 0 Å². The SMILES string of the molecule is C/C=C\C(=C(/C)c1ccccc1)c1c2ccccc2c(-c2cc3ccccc3c3ccccc23)c2ccccc12. The summed E-state index contributed by atoms with van der Waals surface area (Å²) < 4.78 is 0. The van der Waals surface area contributed by atoms with E-state index in [0.29, 0.717) is 0 Å². The van der Waals surface area contributed by atoms with E-state index in [4.69, 9.17) is 0 Å². The summed E-state index contributed by atoms with van der Waals surface area (Å²) in [7, 11) is 0. The summed E-state index contributed by atoms with van der Waals surface area (Å²) >= 11 is 0. The first-order valence-electron chi connectivity index (χ1n) is 14.0.